The van der Waals surface area contributed by atoms with Crippen molar-refractivity contribution >= 4 is 23.2 Å². The fourth-order valence-corrected chi connectivity index (χ4v) is 3.37. The van der Waals surface area contributed by atoms with Crippen LogP contribution in [0.3, 0.4) is 0 Å². The normalized spacial score (nSPS) is 19.4. The van der Waals surface area contributed by atoms with Crippen molar-refractivity contribution in [3.8, 4) is 11.5 Å². The van der Waals surface area contributed by atoms with Crippen LogP contribution in [0.4, 0.5) is 0 Å². The van der Waals surface area contributed by atoms with Crippen molar-refractivity contribution in [3.05, 3.63) is 57.1 Å². The van der Waals surface area contributed by atoms with Gasteiger partial charge in [-0.25, -0.2) is 0 Å². The van der Waals surface area contributed by atoms with Crippen LogP contribution in [0.15, 0.2) is 30.3 Å². The Balaban J connectivity index is 1.85. The molecule has 0 saturated heterocycles. The number of halogens is 2. The number of hydrogen-bond acceptors (Lipinski definition) is 3. The average molecular weight is 322 g/mol. The van der Waals surface area contributed by atoms with E-state index in [1.807, 2.05) is 18.2 Å². The molecule has 4 rings (SSSR count). The Morgan fingerprint density at radius 2 is 1.81 bits per heavy atom. The summed E-state index contributed by atoms with van der Waals surface area (Å²) in [6, 6.07) is 9.70. The fourth-order valence-electron chi connectivity index (χ4n) is 2.96. The van der Waals surface area contributed by atoms with Crippen molar-refractivity contribution in [1.82, 2.24) is 5.32 Å². The van der Waals surface area contributed by atoms with E-state index >= 15 is 0 Å². The SMILES string of the molecule is Clc1ccc(Cl)c(C2NCCc3cc4c(cc32)OCO4)c1. The minimum Gasteiger partial charge on any atom is -0.454 e. The first-order chi connectivity index (χ1) is 10.2. The van der Waals surface area contributed by atoms with Gasteiger partial charge in [0, 0.05) is 16.6 Å². The Morgan fingerprint density at radius 3 is 2.67 bits per heavy atom. The molecule has 1 N–H and O–H groups in total. The summed E-state index contributed by atoms with van der Waals surface area (Å²) in [6.45, 7) is 1.17. The predicted octanol–water partition coefficient (Wildman–Crippen LogP) is 3.96. The molecule has 2 heterocycles. The van der Waals surface area contributed by atoms with E-state index in [1.54, 1.807) is 6.07 Å². The summed E-state index contributed by atoms with van der Waals surface area (Å²) in [5.41, 5.74) is 3.43. The first-order valence-electron chi connectivity index (χ1n) is 6.83. The van der Waals surface area contributed by atoms with Crippen molar-refractivity contribution in [2.75, 3.05) is 13.3 Å². The Labute approximate surface area is 132 Å². The van der Waals surface area contributed by atoms with Crippen LogP contribution in [0.1, 0.15) is 22.7 Å². The maximum atomic E-state index is 6.36. The molecule has 0 aromatic heterocycles. The van der Waals surface area contributed by atoms with Gasteiger partial charge in [0.15, 0.2) is 11.5 Å². The molecule has 0 amide bonds. The van der Waals surface area contributed by atoms with Gasteiger partial charge in [0.1, 0.15) is 0 Å². The molecule has 5 heteroatoms. The summed E-state index contributed by atoms with van der Waals surface area (Å²) in [5, 5.41) is 4.91. The molecular weight excluding hydrogens is 309 g/mol. The smallest absolute Gasteiger partial charge is 0.231 e. The van der Waals surface area contributed by atoms with Gasteiger partial charge in [-0.1, -0.05) is 23.2 Å². The quantitative estimate of drug-likeness (QED) is 0.862. The van der Waals surface area contributed by atoms with Gasteiger partial charge >= 0.3 is 0 Å². The minimum atomic E-state index is 0.0226. The third kappa shape index (κ3) is 2.26. The van der Waals surface area contributed by atoms with E-state index in [9.17, 15) is 0 Å². The van der Waals surface area contributed by atoms with Crippen molar-refractivity contribution in [2.45, 2.75) is 12.5 Å². The molecule has 108 valence electrons. The standard InChI is InChI=1S/C16H13Cl2NO2/c17-10-1-2-13(18)12(6-10)16-11-7-15-14(20-8-21-15)5-9(11)3-4-19-16/h1-2,5-7,16,19H,3-4,8H2. The fraction of sp³-hybridized carbons (Fsp3) is 0.250. The highest BCUT2D eigenvalue weighted by Gasteiger charge is 2.27. The summed E-state index contributed by atoms with van der Waals surface area (Å²) in [7, 11) is 0. The molecule has 2 aliphatic heterocycles. The highest BCUT2D eigenvalue weighted by atomic mass is 35.5. The number of benzene rings is 2. The molecule has 1 atom stereocenters. The zero-order valence-corrected chi connectivity index (χ0v) is 12.7. The average Bonchev–Trinajstić information content (AvgIpc) is 2.94. The van der Waals surface area contributed by atoms with Crippen LogP contribution in [0.25, 0.3) is 0 Å². The van der Waals surface area contributed by atoms with E-state index in [0.29, 0.717) is 10.0 Å². The summed E-state index contributed by atoms with van der Waals surface area (Å²) >= 11 is 12.5. The lowest BCUT2D eigenvalue weighted by molar-refractivity contribution is 0.174. The topological polar surface area (TPSA) is 30.5 Å². The number of nitrogens with one attached hydrogen (secondary N) is 1. The van der Waals surface area contributed by atoms with E-state index < -0.39 is 0 Å². The first kappa shape index (κ1) is 13.3. The van der Waals surface area contributed by atoms with Gasteiger partial charge in [-0.05, 0) is 53.4 Å². The van der Waals surface area contributed by atoms with Crippen LogP contribution in [-0.4, -0.2) is 13.3 Å². The lowest BCUT2D eigenvalue weighted by atomic mass is 9.89. The molecule has 0 saturated carbocycles. The van der Waals surface area contributed by atoms with E-state index in [1.165, 1.54) is 11.1 Å². The molecule has 1 unspecified atom stereocenters. The highest BCUT2D eigenvalue weighted by molar-refractivity contribution is 6.33. The van der Waals surface area contributed by atoms with Crippen LogP contribution >= 0.6 is 23.2 Å². The lowest BCUT2D eigenvalue weighted by Crippen LogP contribution is -2.30. The van der Waals surface area contributed by atoms with Gasteiger partial charge in [0.25, 0.3) is 0 Å². The summed E-state index contributed by atoms with van der Waals surface area (Å²) in [4.78, 5) is 0. The van der Waals surface area contributed by atoms with Crippen molar-refractivity contribution in [2.24, 2.45) is 0 Å². The molecule has 0 spiro atoms. The second-order valence-electron chi connectivity index (χ2n) is 5.21. The molecular formula is C16H13Cl2NO2. The van der Waals surface area contributed by atoms with E-state index in [0.717, 1.165) is 30.0 Å². The third-order valence-electron chi connectivity index (χ3n) is 3.96. The molecule has 0 radical (unpaired) electrons. The van der Waals surface area contributed by atoms with Crippen LogP contribution < -0.4 is 14.8 Å². The van der Waals surface area contributed by atoms with Gasteiger partial charge in [-0.3, -0.25) is 0 Å². The molecule has 2 aliphatic rings. The van der Waals surface area contributed by atoms with Crippen LogP contribution in [0, 0.1) is 0 Å². The number of fused-ring (bicyclic) bond motifs is 2. The molecule has 0 aliphatic carbocycles. The lowest BCUT2D eigenvalue weighted by Gasteiger charge is -2.28. The Morgan fingerprint density at radius 1 is 1.00 bits per heavy atom. The zero-order valence-electron chi connectivity index (χ0n) is 11.2. The van der Waals surface area contributed by atoms with Gasteiger partial charge < -0.3 is 14.8 Å². The van der Waals surface area contributed by atoms with Crippen molar-refractivity contribution in [3.63, 3.8) is 0 Å². The molecule has 0 bridgehead atoms. The van der Waals surface area contributed by atoms with Gasteiger partial charge in [-0.15, -0.1) is 0 Å². The van der Waals surface area contributed by atoms with Crippen molar-refractivity contribution < 1.29 is 9.47 Å². The Hall–Kier alpha value is -1.42. The number of rotatable bonds is 1. The second kappa shape index (κ2) is 5.09. The van der Waals surface area contributed by atoms with Crippen LogP contribution in [0.2, 0.25) is 10.0 Å². The zero-order chi connectivity index (χ0) is 14.4. The van der Waals surface area contributed by atoms with Crippen molar-refractivity contribution in [1.29, 1.82) is 0 Å². The summed E-state index contributed by atoms with van der Waals surface area (Å²) in [6.07, 6.45) is 0.959. The summed E-state index contributed by atoms with van der Waals surface area (Å²) < 4.78 is 11.0. The molecule has 2 aromatic rings. The number of ether oxygens (including phenoxy) is 2. The monoisotopic (exact) mass is 321 g/mol. The number of hydrogen-bond donors (Lipinski definition) is 1. The second-order valence-corrected chi connectivity index (χ2v) is 6.05. The maximum Gasteiger partial charge on any atom is 0.231 e. The summed E-state index contributed by atoms with van der Waals surface area (Å²) in [5.74, 6) is 1.62. The predicted molar refractivity (Wildman–Crippen MR) is 82.6 cm³/mol. The molecule has 21 heavy (non-hydrogen) atoms. The Bertz CT molecular complexity index is 718. The minimum absolute atomic E-state index is 0.0226. The van der Waals surface area contributed by atoms with E-state index in [4.69, 9.17) is 32.7 Å². The van der Waals surface area contributed by atoms with Gasteiger partial charge in [0.2, 0.25) is 6.79 Å². The highest BCUT2D eigenvalue weighted by Crippen LogP contribution is 2.41. The third-order valence-corrected chi connectivity index (χ3v) is 4.54. The molecule has 3 nitrogen and oxygen atoms in total. The van der Waals surface area contributed by atoms with E-state index in [-0.39, 0.29) is 12.8 Å². The largest absolute Gasteiger partial charge is 0.454 e. The van der Waals surface area contributed by atoms with Crippen LogP contribution in [0.5, 0.6) is 11.5 Å². The van der Waals surface area contributed by atoms with Crippen LogP contribution in [-0.2, 0) is 6.42 Å². The van der Waals surface area contributed by atoms with Gasteiger partial charge in [0.05, 0.1) is 6.04 Å². The molecule has 2 aromatic carbocycles. The van der Waals surface area contributed by atoms with Gasteiger partial charge in [-0.2, -0.15) is 0 Å². The van der Waals surface area contributed by atoms with E-state index in [2.05, 4.69) is 11.4 Å². The molecule has 0 fully saturated rings. The first-order valence-corrected chi connectivity index (χ1v) is 7.59. The maximum absolute atomic E-state index is 6.36. The Kier molecular flexibility index (Phi) is 3.21.